The maximum atomic E-state index is 13.4. The van der Waals surface area contributed by atoms with Crippen LogP contribution >= 0.6 is 0 Å². The summed E-state index contributed by atoms with van der Waals surface area (Å²) in [6.45, 7) is 12.5. The zero-order valence-electron chi connectivity index (χ0n) is 23.4. The van der Waals surface area contributed by atoms with Gasteiger partial charge in [-0.15, -0.1) is 0 Å². The third kappa shape index (κ3) is 6.94. The van der Waals surface area contributed by atoms with Crippen LogP contribution in [0.5, 0.6) is 5.75 Å². The number of carbonyl (C=O) groups excluding carboxylic acids is 1. The molecular formula is C30H43N5O3. The molecule has 2 aromatic carbocycles. The lowest BCUT2D eigenvalue weighted by Crippen LogP contribution is -2.52. The number of hydrogen-bond acceptors (Lipinski definition) is 7. The van der Waals surface area contributed by atoms with Crippen molar-refractivity contribution in [3.05, 3.63) is 64.9 Å². The van der Waals surface area contributed by atoms with E-state index in [4.69, 9.17) is 10.5 Å². The fourth-order valence-electron chi connectivity index (χ4n) is 5.01. The molecular weight excluding hydrogens is 478 g/mol. The van der Waals surface area contributed by atoms with Crippen LogP contribution in [0, 0.1) is 6.92 Å². The number of benzene rings is 2. The molecule has 0 radical (unpaired) electrons. The first-order chi connectivity index (χ1) is 18.4. The quantitative estimate of drug-likeness (QED) is 0.389. The molecule has 1 saturated heterocycles. The summed E-state index contributed by atoms with van der Waals surface area (Å²) in [5.41, 5.74) is 10.9. The van der Waals surface area contributed by atoms with Crippen LogP contribution in [-0.2, 0) is 0 Å². The van der Waals surface area contributed by atoms with Gasteiger partial charge in [0.2, 0.25) is 0 Å². The number of carbonyl (C=O) groups is 1. The molecule has 8 heteroatoms. The molecule has 0 saturated carbocycles. The Bertz CT molecular complexity index is 1150. The highest BCUT2D eigenvalue weighted by Gasteiger charge is 2.25. The Balaban J connectivity index is 1.82. The number of ether oxygens (including phenoxy) is 1. The maximum Gasteiger partial charge on any atom is 0.252 e. The maximum absolute atomic E-state index is 13.4. The van der Waals surface area contributed by atoms with Crippen molar-refractivity contribution in [2.45, 2.75) is 46.2 Å². The van der Waals surface area contributed by atoms with Gasteiger partial charge in [0.25, 0.3) is 5.91 Å². The van der Waals surface area contributed by atoms with E-state index in [9.17, 15) is 9.90 Å². The molecule has 2 atom stereocenters. The van der Waals surface area contributed by atoms with E-state index in [2.05, 4.69) is 40.0 Å². The van der Waals surface area contributed by atoms with E-state index in [-0.39, 0.29) is 25.2 Å². The van der Waals surface area contributed by atoms with Crippen LogP contribution in [0.4, 0.5) is 5.69 Å². The summed E-state index contributed by atoms with van der Waals surface area (Å²) < 4.78 is 5.71. The molecule has 1 fully saturated rings. The molecule has 206 valence electrons. The van der Waals surface area contributed by atoms with Crippen LogP contribution in [0.1, 0.15) is 60.3 Å². The Labute approximate surface area is 227 Å². The first kappa shape index (κ1) is 29.2. The molecule has 4 N–H and O–H groups in total. The number of aliphatic hydroxyl groups excluding tert-OH is 1. The topological polar surface area (TPSA) is 103 Å². The molecule has 1 aliphatic heterocycles. The van der Waals surface area contributed by atoms with Crippen LogP contribution in [-0.4, -0.2) is 74.6 Å². The van der Waals surface area contributed by atoms with Crippen molar-refractivity contribution in [2.75, 3.05) is 51.3 Å². The van der Waals surface area contributed by atoms with Crippen molar-refractivity contribution >= 4 is 23.4 Å². The van der Waals surface area contributed by atoms with E-state index in [1.54, 1.807) is 13.3 Å². The minimum atomic E-state index is -0.258. The molecule has 8 nitrogen and oxygen atoms in total. The number of anilines is 1. The van der Waals surface area contributed by atoms with E-state index in [1.807, 2.05) is 44.2 Å². The van der Waals surface area contributed by atoms with Crippen molar-refractivity contribution in [3.8, 4) is 5.75 Å². The first-order valence-electron chi connectivity index (χ1n) is 13.5. The smallest absolute Gasteiger partial charge is 0.252 e. The zero-order valence-corrected chi connectivity index (χ0v) is 23.4. The average molecular weight is 522 g/mol. The predicted octanol–water partition coefficient (Wildman–Crippen LogP) is 3.78. The van der Waals surface area contributed by atoms with Crippen LogP contribution in [0.3, 0.4) is 0 Å². The van der Waals surface area contributed by atoms with E-state index in [0.717, 1.165) is 55.0 Å². The molecule has 0 unspecified atom stereocenters. The Morgan fingerprint density at radius 1 is 1.24 bits per heavy atom. The Kier molecular flexibility index (Phi) is 10.7. The van der Waals surface area contributed by atoms with Crippen molar-refractivity contribution < 1.29 is 14.6 Å². The molecule has 0 aromatic heterocycles. The van der Waals surface area contributed by atoms with Gasteiger partial charge in [-0.2, -0.15) is 0 Å². The van der Waals surface area contributed by atoms with Gasteiger partial charge in [0.05, 0.1) is 12.6 Å². The van der Waals surface area contributed by atoms with E-state index < -0.39 is 0 Å². The minimum absolute atomic E-state index is 0.0943. The number of hydrogen-bond donors (Lipinski definition) is 3. The Morgan fingerprint density at radius 2 is 2.03 bits per heavy atom. The summed E-state index contributed by atoms with van der Waals surface area (Å²) in [6.07, 6.45) is 4.24. The predicted molar refractivity (Wildman–Crippen MR) is 156 cm³/mol. The number of nitrogens with two attached hydrogens (primary N) is 1. The SMILES string of the molecule is CC[C@@H]1CN(c2ccc(C)c(C(=O)N[C@H](C)c3ccc(OCCO)c(C(C=NC)=CN)c3)c2)CCN1CC. The van der Waals surface area contributed by atoms with Gasteiger partial charge in [0.15, 0.2) is 0 Å². The highest BCUT2D eigenvalue weighted by atomic mass is 16.5. The number of rotatable bonds is 11. The number of aryl methyl sites for hydroxylation is 1. The van der Waals surface area contributed by atoms with Gasteiger partial charge in [-0.3, -0.25) is 14.7 Å². The summed E-state index contributed by atoms with van der Waals surface area (Å²) >= 11 is 0. The minimum Gasteiger partial charge on any atom is -0.491 e. The molecule has 3 rings (SSSR count). The van der Waals surface area contributed by atoms with Gasteiger partial charge < -0.3 is 25.8 Å². The van der Waals surface area contributed by atoms with Crippen LogP contribution in [0.25, 0.3) is 5.57 Å². The standard InChI is InChI=1S/C30H43N5O3/c1-6-25-20-35(13-12-34(25)7-2)26-10-8-21(3)27(17-26)30(37)33-22(4)23-9-11-29(38-15-14-36)28(16-23)24(18-31)19-32-5/h8-11,16-19,22,25,36H,6-7,12-15,20,31H2,1-5H3,(H,33,37)/t22-,25-/m1/s1. The van der Waals surface area contributed by atoms with Crippen molar-refractivity contribution in [1.29, 1.82) is 0 Å². The summed E-state index contributed by atoms with van der Waals surface area (Å²) in [4.78, 5) is 22.5. The van der Waals surface area contributed by atoms with Crippen LogP contribution in [0.2, 0.25) is 0 Å². The third-order valence-corrected chi connectivity index (χ3v) is 7.27. The summed E-state index contributed by atoms with van der Waals surface area (Å²) in [5, 5.41) is 12.4. The highest BCUT2D eigenvalue weighted by molar-refractivity contribution is 6.10. The Morgan fingerprint density at radius 3 is 2.68 bits per heavy atom. The average Bonchev–Trinajstić information content (AvgIpc) is 2.94. The highest BCUT2D eigenvalue weighted by Crippen LogP contribution is 2.29. The zero-order chi connectivity index (χ0) is 27.7. The van der Waals surface area contributed by atoms with Gasteiger partial charge >= 0.3 is 0 Å². The third-order valence-electron chi connectivity index (χ3n) is 7.27. The van der Waals surface area contributed by atoms with Gasteiger partial charge in [0, 0.05) is 67.5 Å². The molecule has 38 heavy (non-hydrogen) atoms. The molecule has 2 aromatic rings. The van der Waals surface area contributed by atoms with Crippen LogP contribution in [0.15, 0.2) is 47.6 Å². The fraction of sp³-hybridized carbons (Fsp3) is 0.467. The monoisotopic (exact) mass is 521 g/mol. The lowest BCUT2D eigenvalue weighted by molar-refractivity contribution is 0.0939. The molecule has 0 bridgehead atoms. The second-order valence-corrected chi connectivity index (χ2v) is 9.67. The number of nitrogens with zero attached hydrogens (tertiary/aromatic N) is 3. The molecule has 1 heterocycles. The molecule has 0 spiro atoms. The van der Waals surface area contributed by atoms with Gasteiger partial charge in [-0.25, -0.2) is 0 Å². The molecule has 1 aliphatic rings. The number of nitrogens with one attached hydrogen (secondary N) is 1. The molecule has 1 amide bonds. The Hall–Kier alpha value is -3.36. The number of aliphatic imine (C=N–C) groups is 1. The van der Waals surface area contributed by atoms with Crippen LogP contribution < -0.4 is 20.7 Å². The first-order valence-corrected chi connectivity index (χ1v) is 13.5. The number of allylic oxidation sites excluding steroid dienone is 1. The number of aliphatic hydroxyl groups is 1. The van der Waals surface area contributed by atoms with Crippen molar-refractivity contribution in [2.24, 2.45) is 10.7 Å². The number of piperazine rings is 1. The largest absolute Gasteiger partial charge is 0.491 e. The number of amides is 1. The second-order valence-electron chi connectivity index (χ2n) is 9.67. The van der Waals surface area contributed by atoms with Gasteiger partial charge in [-0.1, -0.05) is 26.0 Å². The van der Waals surface area contributed by atoms with E-state index in [1.165, 1.54) is 6.20 Å². The van der Waals surface area contributed by atoms with Crippen molar-refractivity contribution in [1.82, 2.24) is 10.2 Å². The van der Waals surface area contributed by atoms with Gasteiger partial charge in [-0.05, 0) is 62.2 Å². The normalized spacial score (nSPS) is 17.6. The molecule has 0 aliphatic carbocycles. The second kappa shape index (κ2) is 14.0. The van der Waals surface area contributed by atoms with Crippen molar-refractivity contribution in [3.63, 3.8) is 0 Å². The summed E-state index contributed by atoms with van der Waals surface area (Å²) in [7, 11) is 1.67. The van der Waals surface area contributed by atoms with E-state index in [0.29, 0.717) is 22.9 Å². The van der Waals surface area contributed by atoms with E-state index >= 15 is 0 Å². The lowest BCUT2D eigenvalue weighted by Gasteiger charge is -2.42. The lowest BCUT2D eigenvalue weighted by atomic mass is 9.99. The summed E-state index contributed by atoms with van der Waals surface area (Å²) in [6, 6.07) is 12.1. The summed E-state index contributed by atoms with van der Waals surface area (Å²) in [5.74, 6) is 0.484. The fourth-order valence-corrected chi connectivity index (χ4v) is 5.01. The number of likely N-dealkylation sites (N-methyl/N-ethyl adjacent to an activating group) is 1. The van der Waals surface area contributed by atoms with Gasteiger partial charge in [0.1, 0.15) is 12.4 Å².